The topological polar surface area (TPSA) is 72.0 Å². The van der Waals surface area contributed by atoms with Crippen molar-refractivity contribution in [3.63, 3.8) is 0 Å². The molecule has 2 atom stereocenters. The van der Waals surface area contributed by atoms with E-state index >= 15 is 0 Å². The SMILES string of the molecule is CC(Cc1cccc(-c2[c-]c(CC(O)(c3ccc(-c4ccccc4)cc3)c3ccccn3)cc3c2oc2ccccc23)n1)(c1[c-]cccc1)c1ccccn1.[Ir]. The van der Waals surface area contributed by atoms with Gasteiger partial charge in [-0.1, -0.05) is 115 Å². The average molecular weight is 904 g/mol. The molecule has 0 bridgehead atoms. The van der Waals surface area contributed by atoms with Crippen LogP contribution in [-0.2, 0) is 44.0 Å². The summed E-state index contributed by atoms with van der Waals surface area (Å²) in [6, 6.07) is 61.5. The van der Waals surface area contributed by atoms with Crippen LogP contribution in [0.25, 0.3) is 44.3 Å². The first-order valence-corrected chi connectivity index (χ1v) is 18.5. The molecule has 9 rings (SSSR count). The maximum atomic E-state index is 12.8. The van der Waals surface area contributed by atoms with Crippen molar-refractivity contribution < 1.29 is 29.6 Å². The standard InChI is InChI=1S/C50H37N3O2.Ir/c1-49(38-17-6-3-7-18-38,46-23-10-12-29-51-46)34-40-19-14-21-44(53-40)43-32-35(31-42-41-20-8-9-22-45(41)55-48(42)43)33-50(54,47-24-11-13-30-52-47)39-27-25-37(26-28-39)36-15-4-2-5-16-36;/h2-17,19-31,54H,33-34H2,1H3;/q-2;. The van der Waals surface area contributed by atoms with E-state index in [1.165, 1.54) is 0 Å². The molecule has 6 heteroatoms. The van der Waals surface area contributed by atoms with Crippen molar-refractivity contribution in [2.45, 2.75) is 30.8 Å². The van der Waals surface area contributed by atoms with E-state index in [9.17, 15) is 5.11 Å². The molecule has 1 radical (unpaired) electrons. The maximum Gasteiger partial charge on any atom is 0.134 e. The Kier molecular flexibility index (Phi) is 10.3. The second-order valence-electron chi connectivity index (χ2n) is 14.2. The first kappa shape index (κ1) is 36.9. The summed E-state index contributed by atoms with van der Waals surface area (Å²) in [7, 11) is 0. The van der Waals surface area contributed by atoms with Gasteiger partial charge in [0.1, 0.15) is 11.2 Å². The Balaban J connectivity index is 0.00000441. The Morgan fingerprint density at radius 1 is 0.643 bits per heavy atom. The van der Waals surface area contributed by atoms with Gasteiger partial charge in [0.25, 0.3) is 0 Å². The third kappa shape index (κ3) is 7.00. The molecule has 275 valence electrons. The van der Waals surface area contributed by atoms with Crippen molar-refractivity contribution in [2.24, 2.45) is 0 Å². The maximum absolute atomic E-state index is 12.8. The first-order valence-electron chi connectivity index (χ1n) is 18.5. The van der Waals surface area contributed by atoms with Gasteiger partial charge in [0.15, 0.2) is 0 Å². The molecule has 56 heavy (non-hydrogen) atoms. The van der Waals surface area contributed by atoms with Gasteiger partial charge < -0.3 is 14.5 Å². The van der Waals surface area contributed by atoms with Gasteiger partial charge in [0.05, 0.1) is 11.3 Å². The van der Waals surface area contributed by atoms with Gasteiger partial charge >= 0.3 is 0 Å². The smallest absolute Gasteiger partial charge is 0.134 e. The van der Waals surface area contributed by atoms with Gasteiger partial charge in [0.2, 0.25) is 0 Å². The van der Waals surface area contributed by atoms with Crippen molar-refractivity contribution in [1.29, 1.82) is 0 Å². The molecule has 0 spiro atoms. The average Bonchev–Trinajstić information content (AvgIpc) is 3.63. The van der Waals surface area contributed by atoms with Gasteiger partial charge in [0, 0.05) is 61.1 Å². The van der Waals surface area contributed by atoms with Crippen LogP contribution in [0.5, 0.6) is 0 Å². The number of para-hydroxylation sites is 1. The zero-order valence-electron chi connectivity index (χ0n) is 30.7. The summed E-state index contributed by atoms with van der Waals surface area (Å²) < 4.78 is 6.57. The Morgan fingerprint density at radius 3 is 2.07 bits per heavy atom. The molecule has 2 unspecified atom stereocenters. The van der Waals surface area contributed by atoms with Crippen molar-refractivity contribution in [3.05, 3.63) is 222 Å². The molecule has 0 aliphatic heterocycles. The van der Waals surface area contributed by atoms with E-state index in [2.05, 4.69) is 78.6 Å². The molecule has 0 aliphatic carbocycles. The van der Waals surface area contributed by atoms with Crippen LogP contribution in [0.2, 0.25) is 0 Å². The van der Waals surface area contributed by atoms with E-state index in [-0.39, 0.29) is 26.5 Å². The minimum atomic E-state index is -1.45. The fourth-order valence-electron chi connectivity index (χ4n) is 7.72. The van der Waals surface area contributed by atoms with Gasteiger partial charge in [-0.2, -0.15) is 30.3 Å². The molecule has 0 aliphatic rings. The minimum absolute atomic E-state index is 0. The van der Waals surface area contributed by atoms with E-state index in [1.54, 1.807) is 6.20 Å². The number of hydrogen-bond donors (Lipinski definition) is 1. The number of fused-ring (bicyclic) bond motifs is 3. The molecule has 9 aromatic rings. The number of aliphatic hydroxyl groups is 1. The molecule has 1 N–H and O–H groups in total. The largest absolute Gasteiger partial charge is 0.501 e. The van der Waals surface area contributed by atoms with Crippen LogP contribution in [-0.4, -0.2) is 20.1 Å². The Labute approximate surface area is 340 Å². The summed E-state index contributed by atoms with van der Waals surface area (Å²) in [6.07, 6.45) is 4.38. The monoisotopic (exact) mass is 904 g/mol. The van der Waals surface area contributed by atoms with Crippen LogP contribution in [0.15, 0.2) is 181 Å². The van der Waals surface area contributed by atoms with Gasteiger partial charge in [-0.15, -0.1) is 23.3 Å². The Hall–Kier alpha value is -6.04. The third-order valence-electron chi connectivity index (χ3n) is 10.6. The molecule has 0 fully saturated rings. The van der Waals surface area contributed by atoms with Crippen LogP contribution >= 0.6 is 0 Å². The fraction of sp³-hybridized carbons (Fsp3) is 0.100. The molecular formula is C50H37IrN3O2-2. The molecule has 5 aromatic carbocycles. The predicted molar refractivity (Wildman–Crippen MR) is 218 cm³/mol. The zero-order chi connectivity index (χ0) is 37.2. The number of hydrogen-bond acceptors (Lipinski definition) is 5. The van der Waals surface area contributed by atoms with E-state index < -0.39 is 11.0 Å². The van der Waals surface area contributed by atoms with Crippen molar-refractivity contribution >= 4 is 21.9 Å². The van der Waals surface area contributed by atoms with Crippen LogP contribution < -0.4 is 0 Å². The molecule has 0 saturated heterocycles. The fourth-order valence-corrected chi connectivity index (χ4v) is 7.72. The molecule has 4 aromatic heterocycles. The van der Waals surface area contributed by atoms with E-state index in [0.717, 1.165) is 66.8 Å². The van der Waals surface area contributed by atoms with Gasteiger partial charge in [-0.05, 0) is 65.2 Å². The van der Waals surface area contributed by atoms with Crippen molar-refractivity contribution in [3.8, 4) is 22.4 Å². The summed E-state index contributed by atoms with van der Waals surface area (Å²) in [4.78, 5) is 14.8. The Morgan fingerprint density at radius 2 is 1.34 bits per heavy atom. The summed E-state index contributed by atoms with van der Waals surface area (Å²) in [5.74, 6) is 0. The molecule has 0 saturated carbocycles. The second kappa shape index (κ2) is 15.6. The predicted octanol–water partition coefficient (Wildman–Crippen LogP) is 10.7. The third-order valence-corrected chi connectivity index (χ3v) is 10.6. The van der Waals surface area contributed by atoms with Crippen LogP contribution in [0.3, 0.4) is 0 Å². The minimum Gasteiger partial charge on any atom is -0.501 e. The molecule has 5 nitrogen and oxygen atoms in total. The molecule has 0 amide bonds. The van der Waals surface area contributed by atoms with Crippen LogP contribution in [0.1, 0.15) is 40.7 Å². The summed E-state index contributed by atoms with van der Waals surface area (Å²) >= 11 is 0. The first-order chi connectivity index (χ1) is 27.0. The summed E-state index contributed by atoms with van der Waals surface area (Å²) in [5.41, 5.74) is 8.18. The van der Waals surface area contributed by atoms with E-state index in [4.69, 9.17) is 14.4 Å². The quantitative estimate of drug-likeness (QED) is 0.138. The number of aromatic nitrogens is 3. The number of rotatable bonds is 10. The zero-order valence-corrected chi connectivity index (χ0v) is 33.1. The van der Waals surface area contributed by atoms with Crippen molar-refractivity contribution in [1.82, 2.24) is 15.0 Å². The Bertz CT molecular complexity index is 2680. The van der Waals surface area contributed by atoms with Crippen molar-refractivity contribution in [2.75, 3.05) is 0 Å². The molecule has 4 heterocycles. The number of furan rings is 1. The second-order valence-corrected chi connectivity index (χ2v) is 14.2. The van der Waals surface area contributed by atoms with E-state index in [0.29, 0.717) is 17.7 Å². The van der Waals surface area contributed by atoms with Gasteiger partial charge in [-0.25, -0.2) is 0 Å². The van der Waals surface area contributed by atoms with Gasteiger partial charge in [-0.3, -0.25) is 9.97 Å². The van der Waals surface area contributed by atoms with E-state index in [1.807, 2.05) is 115 Å². The number of nitrogens with zero attached hydrogens (tertiary/aromatic N) is 3. The van der Waals surface area contributed by atoms with Crippen LogP contribution in [0, 0.1) is 12.1 Å². The summed E-state index contributed by atoms with van der Waals surface area (Å²) in [5, 5.41) is 14.7. The van der Waals surface area contributed by atoms with Crippen LogP contribution in [0.4, 0.5) is 0 Å². The normalized spacial score (nSPS) is 13.5. The molecular weight excluding hydrogens is 867 g/mol. The number of pyridine rings is 3. The number of benzene rings is 5. The summed E-state index contributed by atoms with van der Waals surface area (Å²) in [6.45, 7) is 2.20.